The first-order chi connectivity index (χ1) is 14.7. The SMILES string of the molecule is O=c1c(CN2CCOc3ccccc3C2)ccc2n1C[C@H]1C[C@@H]2CN(C2COC2)C1. The maximum atomic E-state index is 13.4. The Morgan fingerprint density at radius 3 is 2.80 bits per heavy atom. The van der Waals surface area contributed by atoms with Gasteiger partial charge in [-0.15, -0.1) is 0 Å². The van der Waals surface area contributed by atoms with Gasteiger partial charge in [-0.05, 0) is 24.5 Å². The van der Waals surface area contributed by atoms with Crippen molar-refractivity contribution >= 4 is 0 Å². The van der Waals surface area contributed by atoms with Crippen LogP contribution in [0.15, 0.2) is 41.2 Å². The van der Waals surface area contributed by atoms with Gasteiger partial charge >= 0.3 is 0 Å². The Morgan fingerprint density at radius 2 is 1.93 bits per heavy atom. The van der Waals surface area contributed by atoms with Crippen molar-refractivity contribution in [1.82, 2.24) is 14.4 Å². The summed E-state index contributed by atoms with van der Waals surface area (Å²) in [7, 11) is 0. The maximum absolute atomic E-state index is 13.4. The molecule has 6 nitrogen and oxygen atoms in total. The number of likely N-dealkylation sites (tertiary alicyclic amines) is 1. The van der Waals surface area contributed by atoms with E-state index in [-0.39, 0.29) is 5.56 Å². The van der Waals surface area contributed by atoms with Crippen molar-refractivity contribution in [1.29, 1.82) is 0 Å². The standard InChI is InChI=1S/C24H29N3O3/c28-24-19(13-25-7-8-30-23-4-2-1-3-18(23)12-25)5-6-22-20-9-17(11-27(22)24)10-26(14-20)21-15-29-16-21/h1-6,17,20-21H,7-16H2/t17-,20+/m0/s1. The van der Waals surface area contributed by atoms with Gasteiger partial charge in [0.2, 0.25) is 0 Å². The van der Waals surface area contributed by atoms with Crippen LogP contribution in [-0.4, -0.2) is 59.9 Å². The van der Waals surface area contributed by atoms with Gasteiger partial charge in [-0.25, -0.2) is 0 Å². The fourth-order valence-electron chi connectivity index (χ4n) is 5.64. The minimum atomic E-state index is 0.209. The second-order valence-electron chi connectivity index (χ2n) is 9.31. The zero-order valence-electron chi connectivity index (χ0n) is 17.3. The summed E-state index contributed by atoms with van der Waals surface area (Å²) in [4.78, 5) is 18.3. The number of pyridine rings is 1. The first kappa shape index (κ1) is 18.6. The van der Waals surface area contributed by atoms with Crippen molar-refractivity contribution in [2.45, 2.75) is 38.0 Å². The predicted octanol–water partition coefficient (Wildman–Crippen LogP) is 2.06. The number of piperidine rings is 1. The molecule has 6 rings (SSSR count). The van der Waals surface area contributed by atoms with Gasteiger partial charge in [-0.1, -0.05) is 24.3 Å². The van der Waals surface area contributed by atoms with Crippen LogP contribution in [0.4, 0.5) is 0 Å². The molecule has 2 atom stereocenters. The summed E-state index contributed by atoms with van der Waals surface area (Å²) in [5, 5.41) is 0. The molecule has 2 fully saturated rings. The molecular weight excluding hydrogens is 378 g/mol. The Bertz CT molecular complexity index is 999. The molecule has 2 aromatic rings. The van der Waals surface area contributed by atoms with E-state index < -0.39 is 0 Å². The molecule has 0 radical (unpaired) electrons. The number of aromatic nitrogens is 1. The molecular formula is C24H29N3O3. The maximum Gasteiger partial charge on any atom is 0.255 e. The highest BCUT2D eigenvalue weighted by atomic mass is 16.5. The van der Waals surface area contributed by atoms with Crippen molar-refractivity contribution in [3.05, 3.63) is 63.6 Å². The van der Waals surface area contributed by atoms with Crippen molar-refractivity contribution < 1.29 is 9.47 Å². The summed E-state index contributed by atoms with van der Waals surface area (Å²) in [6.07, 6.45) is 1.21. The third-order valence-electron chi connectivity index (χ3n) is 7.27. The highest BCUT2D eigenvalue weighted by Crippen LogP contribution is 2.36. The van der Waals surface area contributed by atoms with Gasteiger partial charge in [0.15, 0.2) is 0 Å². The van der Waals surface area contributed by atoms with Crippen LogP contribution >= 0.6 is 0 Å². The van der Waals surface area contributed by atoms with Crippen molar-refractivity contribution in [3.63, 3.8) is 0 Å². The Morgan fingerprint density at radius 1 is 1.03 bits per heavy atom. The van der Waals surface area contributed by atoms with E-state index in [1.807, 2.05) is 12.1 Å². The van der Waals surface area contributed by atoms with Crippen LogP contribution in [-0.2, 0) is 24.4 Å². The quantitative estimate of drug-likeness (QED) is 0.780. The number of para-hydroxylation sites is 1. The van der Waals surface area contributed by atoms with Gasteiger partial charge in [-0.3, -0.25) is 14.6 Å². The molecule has 2 saturated heterocycles. The lowest BCUT2D eigenvalue weighted by atomic mass is 9.82. The normalized spacial score (nSPS) is 26.8. The van der Waals surface area contributed by atoms with Crippen LogP contribution in [0, 0.1) is 5.92 Å². The van der Waals surface area contributed by atoms with E-state index in [1.54, 1.807) is 0 Å². The largest absolute Gasteiger partial charge is 0.492 e. The second kappa shape index (κ2) is 7.52. The fraction of sp³-hybridized carbons (Fsp3) is 0.542. The van der Waals surface area contributed by atoms with Crippen LogP contribution < -0.4 is 10.3 Å². The fourth-order valence-corrected chi connectivity index (χ4v) is 5.64. The van der Waals surface area contributed by atoms with E-state index in [4.69, 9.17) is 9.47 Å². The molecule has 2 bridgehead atoms. The van der Waals surface area contributed by atoms with E-state index in [0.29, 0.717) is 31.0 Å². The lowest BCUT2D eigenvalue weighted by Gasteiger charge is -2.47. The summed E-state index contributed by atoms with van der Waals surface area (Å²) in [5.41, 5.74) is 3.54. The molecule has 6 heteroatoms. The Hall–Kier alpha value is -2.15. The molecule has 0 saturated carbocycles. The highest BCUT2D eigenvalue weighted by Gasteiger charge is 2.39. The molecule has 158 valence electrons. The summed E-state index contributed by atoms with van der Waals surface area (Å²) in [6, 6.07) is 13.1. The van der Waals surface area contributed by atoms with Gasteiger partial charge in [0, 0.05) is 62.0 Å². The van der Waals surface area contributed by atoms with E-state index in [2.05, 4.69) is 38.6 Å². The van der Waals surface area contributed by atoms with E-state index in [0.717, 1.165) is 57.3 Å². The van der Waals surface area contributed by atoms with Gasteiger partial charge in [0.1, 0.15) is 12.4 Å². The van der Waals surface area contributed by atoms with Crippen LogP contribution in [0.25, 0.3) is 0 Å². The second-order valence-corrected chi connectivity index (χ2v) is 9.31. The van der Waals surface area contributed by atoms with Gasteiger partial charge in [-0.2, -0.15) is 0 Å². The van der Waals surface area contributed by atoms with E-state index >= 15 is 0 Å². The monoisotopic (exact) mass is 407 g/mol. The number of benzene rings is 1. The molecule has 0 amide bonds. The Kier molecular flexibility index (Phi) is 4.66. The molecule has 0 aliphatic carbocycles. The molecule has 4 aliphatic rings. The molecule has 30 heavy (non-hydrogen) atoms. The third kappa shape index (κ3) is 3.27. The third-order valence-corrected chi connectivity index (χ3v) is 7.27. The molecule has 1 aromatic heterocycles. The Labute approximate surface area is 177 Å². The smallest absolute Gasteiger partial charge is 0.255 e. The number of fused-ring (bicyclic) bond motifs is 5. The first-order valence-electron chi connectivity index (χ1n) is 11.2. The van der Waals surface area contributed by atoms with Crippen molar-refractivity contribution in [3.8, 4) is 5.75 Å². The number of hydrogen-bond donors (Lipinski definition) is 0. The molecule has 4 aliphatic heterocycles. The number of nitrogens with zero attached hydrogens (tertiary/aromatic N) is 3. The van der Waals surface area contributed by atoms with Crippen LogP contribution in [0.2, 0.25) is 0 Å². The summed E-state index contributed by atoms with van der Waals surface area (Å²) in [6.45, 7) is 7.74. The minimum absolute atomic E-state index is 0.209. The summed E-state index contributed by atoms with van der Waals surface area (Å²) in [5.74, 6) is 2.01. The molecule has 5 heterocycles. The van der Waals surface area contributed by atoms with Crippen molar-refractivity contribution in [2.75, 3.05) is 39.5 Å². The Balaban J connectivity index is 1.23. The van der Waals surface area contributed by atoms with Gasteiger partial charge in [0.05, 0.1) is 19.3 Å². The van der Waals surface area contributed by atoms with Crippen LogP contribution in [0.5, 0.6) is 5.75 Å². The van der Waals surface area contributed by atoms with E-state index in [9.17, 15) is 4.79 Å². The first-order valence-corrected chi connectivity index (χ1v) is 11.2. The minimum Gasteiger partial charge on any atom is -0.492 e. The van der Waals surface area contributed by atoms with E-state index in [1.165, 1.54) is 17.7 Å². The lowest BCUT2D eigenvalue weighted by Crippen LogP contribution is -2.56. The zero-order valence-corrected chi connectivity index (χ0v) is 17.3. The molecule has 0 unspecified atom stereocenters. The number of rotatable bonds is 3. The molecule has 0 N–H and O–H groups in total. The summed E-state index contributed by atoms with van der Waals surface area (Å²) < 4.78 is 13.4. The lowest BCUT2D eigenvalue weighted by molar-refractivity contribution is -0.0827. The van der Waals surface area contributed by atoms with Crippen LogP contribution in [0.1, 0.15) is 29.2 Å². The average molecular weight is 408 g/mol. The summed E-state index contributed by atoms with van der Waals surface area (Å²) >= 11 is 0. The highest BCUT2D eigenvalue weighted by molar-refractivity contribution is 5.34. The van der Waals surface area contributed by atoms with Gasteiger partial charge < -0.3 is 14.0 Å². The molecule has 0 spiro atoms. The predicted molar refractivity (Wildman–Crippen MR) is 114 cm³/mol. The van der Waals surface area contributed by atoms with Crippen molar-refractivity contribution in [2.24, 2.45) is 5.92 Å². The van der Waals surface area contributed by atoms with Gasteiger partial charge in [0.25, 0.3) is 5.56 Å². The zero-order chi connectivity index (χ0) is 20.1. The number of hydrogen-bond acceptors (Lipinski definition) is 5. The molecule has 1 aromatic carbocycles. The number of ether oxygens (including phenoxy) is 2. The van der Waals surface area contributed by atoms with Crippen LogP contribution in [0.3, 0.4) is 0 Å². The topological polar surface area (TPSA) is 46.9 Å². The average Bonchev–Trinajstić information content (AvgIpc) is 2.91.